The van der Waals surface area contributed by atoms with Crippen molar-refractivity contribution in [1.29, 1.82) is 0 Å². The van der Waals surface area contributed by atoms with Gasteiger partial charge in [-0.05, 0) is 11.6 Å². The molecule has 26 heavy (non-hydrogen) atoms. The second kappa shape index (κ2) is 5.11. The van der Waals surface area contributed by atoms with Crippen molar-refractivity contribution in [3.63, 3.8) is 0 Å². The summed E-state index contributed by atoms with van der Waals surface area (Å²) in [4.78, 5) is 39.1. The molecule has 0 N–H and O–H groups in total. The Labute approximate surface area is 149 Å². The highest BCUT2D eigenvalue weighted by Crippen LogP contribution is 2.51. The summed E-state index contributed by atoms with van der Waals surface area (Å²) in [6.45, 7) is 3.81. The molecule has 0 bridgehead atoms. The molecule has 2 aromatic rings. The van der Waals surface area contributed by atoms with E-state index in [0.717, 1.165) is 5.56 Å². The smallest absolute Gasteiger partial charge is 0.286 e. The summed E-state index contributed by atoms with van der Waals surface area (Å²) in [5.41, 5.74) is -1.07. The van der Waals surface area contributed by atoms with Crippen LogP contribution in [0, 0.1) is 10.1 Å². The van der Waals surface area contributed by atoms with Crippen LogP contribution in [-0.2, 0) is 20.5 Å². The van der Waals surface area contributed by atoms with E-state index in [-0.39, 0.29) is 5.56 Å². The van der Waals surface area contributed by atoms with E-state index < -0.39 is 27.6 Å². The number of anilines is 1. The monoisotopic (exact) mass is 348 g/mol. The molecule has 2 aliphatic heterocycles. The molecule has 6 heteroatoms. The second-order valence-corrected chi connectivity index (χ2v) is 7.01. The molecule has 1 atom stereocenters. The maximum absolute atomic E-state index is 13.5. The van der Waals surface area contributed by atoms with E-state index in [1.165, 1.54) is 23.1 Å². The molecule has 4 rings (SSSR count). The van der Waals surface area contributed by atoms with Crippen molar-refractivity contribution >= 4 is 17.4 Å². The number of hydrogen-bond donors (Lipinski definition) is 0. The molecule has 2 aliphatic rings. The molecule has 0 radical (unpaired) electrons. The van der Waals surface area contributed by atoms with Crippen LogP contribution in [0.1, 0.15) is 25.0 Å². The molecule has 2 heterocycles. The van der Waals surface area contributed by atoms with Crippen LogP contribution in [0.15, 0.2) is 66.4 Å². The molecular weight excluding hydrogens is 332 g/mol. The van der Waals surface area contributed by atoms with E-state index >= 15 is 0 Å². The largest absolute Gasteiger partial charge is 0.385 e. The number of amides is 1. The van der Waals surface area contributed by atoms with Crippen LogP contribution in [0.5, 0.6) is 0 Å². The molecule has 0 aromatic heterocycles. The summed E-state index contributed by atoms with van der Waals surface area (Å²) in [6.07, 6.45) is 1.26. The van der Waals surface area contributed by atoms with Gasteiger partial charge in [0.25, 0.3) is 0 Å². The highest BCUT2D eigenvalue weighted by atomic mass is 16.6. The Bertz CT molecular complexity index is 994. The van der Waals surface area contributed by atoms with Gasteiger partial charge in [0.1, 0.15) is 0 Å². The molecule has 6 nitrogen and oxygen atoms in total. The van der Waals surface area contributed by atoms with Crippen LogP contribution in [-0.4, -0.2) is 16.6 Å². The van der Waals surface area contributed by atoms with Crippen LogP contribution in [0.3, 0.4) is 0 Å². The van der Waals surface area contributed by atoms with Gasteiger partial charge in [0.15, 0.2) is 0 Å². The van der Waals surface area contributed by atoms with Gasteiger partial charge in [0.2, 0.25) is 5.78 Å². The van der Waals surface area contributed by atoms with Gasteiger partial charge in [-0.15, -0.1) is 0 Å². The highest BCUT2D eigenvalue weighted by molar-refractivity contribution is 6.24. The normalized spacial score (nSPS) is 23.3. The second-order valence-electron chi connectivity index (χ2n) is 7.01. The highest BCUT2D eigenvalue weighted by Gasteiger charge is 2.66. The van der Waals surface area contributed by atoms with Gasteiger partial charge in [0, 0.05) is 27.7 Å². The Hall–Kier alpha value is -3.28. The van der Waals surface area contributed by atoms with E-state index in [1.54, 1.807) is 30.3 Å². The Morgan fingerprint density at radius 2 is 1.58 bits per heavy atom. The van der Waals surface area contributed by atoms with E-state index in [0.29, 0.717) is 11.4 Å². The van der Waals surface area contributed by atoms with Gasteiger partial charge in [-0.3, -0.25) is 24.6 Å². The van der Waals surface area contributed by atoms with E-state index in [2.05, 4.69) is 0 Å². The zero-order valence-electron chi connectivity index (χ0n) is 14.3. The maximum Gasteiger partial charge on any atom is 0.385 e. The zero-order chi connectivity index (χ0) is 18.7. The van der Waals surface area contributed by atoms with Crippen LogP contribution < -0.4 is 4.90 Å². The van der Waals surface area contributed by atoms with Crippen molar-refractivity contribution in [2.45, 2.75) is 24.8 Å². The third-order valence-corrected chi connectivity index (χ3v) is 5.30. The van der Waals surface area contributed by atoms with Crippen molar-refractivity contribution in [1.82, 2.24) is 0 Å². The number of hydrogen-bond acceptors (Lipinski definition) is 4. The van der Waals surface area contributed by atoms with Gasteiger partial charge < -0.3 is 0 Å². The van der Waals surface area contributed by atoms with Crippen molar-refractivity contribution in [3.8, 4) is 0 Å². The number of rotatable bonds is 2. The number of ketones is 1. The molecule has 130 valence electrons. The number of fused-ring (bicyclic) bond motifs is 3. The molecule has 0 saturated heterocycles. The quantitative estimate of drug-likeness (QED) is 0.475. The van der Waals surface area contributed by atoms with Gasteiger partial charge in [-0.2, -0.15) is 0 Å². The summed E-state index contributed by atoms with van der Waals surface area (Å²) in [5, 5.41) is 12.1. The predicted molar refractivity (Wildman–Crippen MR) is 95.2 cm³/mol. The van der Waals surface area contributed by atoms with Crippen molar-refractivity contribution in [2.75, 3.05) is 4.90 Å². The molecule has 1 unspecified atom stereocenters. The number of carbonyl (C=O) groups excluding carboxylic acids is 2. The average molecular weight is 348 g/mol. The molecule has 0 saturated carbocycles. The van der Waals surface area contributed by atoms with Gasteiger partial charge in [-0.1, -0.05) is 62.4 Å². The predicted octanol–water partition coefficient (Wildman–Crippen LogP) is 2.95. The maximum atomic E-state index is 13.5. The number of benzene rings is 2. The van der Waals surface area contributed by atoms with E-state index in [9.17, 15) is 19.7 Å². The van der Waals surface area contributed by atoms with Gasteiger partial charge >= 0.3 is 11.4 Å². The van der Waals surface area contributed by atoms with Crippen LogP contribution >= 0.6 is 0 Å². The lowest BCUT2D eigenvalue weighted by Crippen LogP contribution is -2.59. The SMILES string of the molecule is CC1(C)C2=CC(=O)C(c3ccccc3)([N+](=O)[O-])C(=O)N2c2ccccc21. The Morgan fingerprint density at radius 1 is 0.962 bits per heavy atom. The van der Waals surface area contributed by atoms with E-state index in [1.807, 2.05) is 26.0 Å². The molecule has 0 spiro atoms. The lowest BCUT2D eigenvalue weighted by atomic mass is 9.78. The molecular formula is C20H16N2O4. The fourth-order valence-corrected chi connectivity index (χ4v) is 3.92. The number of carbonyl (C=O) groups is 2. The fourth-order valence-electron chi connectivity index (χ4n) is 3.92. The molecule has 1 amide bonds. The van der Waals surface area contributed by atoms with Crippen LogP contribution in [0.25, 0.3) is 0 Å². The lowest BCUT2D eigenvalue weighted by Gasteiger charge is -2.34. The standard InChI is InChI=1S/C20H16N2O4/c1-19(2)14-10-6-7-11-15(14)21-16(19)12-17(23)20(18(21)24,22(25)26)13-8-4-3-5-9-13/h3-12H,1-2H3. The molecule has 0 fully saturated rings. The topological polar surface area (TPSA) is 80.5 Å². The summed E-state index contributed by atoms with van der Waals surface area (Å²) in [5.74, 6) is -1.65. The summed E-state index contributed by atoms with van der Waals surface area (Å²) >= 11 is 0. The minimum absolute atomic E-state index is 0.0671. The first kappa shape index (κ1) is 16.2. The van der Waals surface area contributed by atoms with Crippen molar-refractivity contribution in [2.24, 2.45) is 0 Å². The fraction of sp³-hybridized carbons (Fsp3) is 0.200. The Balaban J connectivity index is 2.03. The third-order valence-electron chi connectivity index (χ3n) is 5.30. The summed E-state index contributed by atoms with van der Waals surface area (Å²) in [7, 11) is 0. The minimum Gasteiger partial charge on any atom is -0.286 e. The van der Waals surface area contributed by atoms with Crippen LogP contribution in [0.2, 0.25) is 0 Å². The summed E-state index contributed by atoms with van der Waals surface area (Å²) < 4.78 is 0. The summed E-state index contributed by atoms with van der Waals surface area (Å²) in [6, 6.07) is 15.0. The number of allylic oxidation sites excluding steroid dienone is 1. The first-order valence-corrected chi connectivity index (χ1v) is 8.23. The Morgan fingerprint density at radius 3 is 2.23 bits per heavy atom. The average Bonchev–Trinajstić information content (AvgIpc) is 2.84. The van der Waals surface area contributed by atoms with Crippen molar-refractivity contribution < 1.29 is 14.5 Å². The van der Waals surface area contributed by atoms with Gasteiger partial charge in [-0.25, -0.2) is 0 Å². The van der Waals surface area contributed by atoms with Crippen molar-refractivity contribution in [3.05, 3.63) is 87.6 Å². The number of para-hydroxylation sites is 1. The first-order chi connectivity index (χ1) is 12.3. The molecule has 0 aliphatic carbocycles. The van der Waals surface area contributed by atoms with Crippen LogP contribution in [0.4, 0.5) is 5.69 Å². The minimum atomic E-state index is -2.46. The number of nitrogens with zero attached hydrogens (tertiary/aromatic N) is 2. The number of nitro groups is 1. The third kappa shape index (κ3) is 1.76. The molecule has 2 aromatic carbocycles. The zero-order valence-corrected chi connectivity index (χ0v) is 14.3. The first-order valence-electron chi connectivity index (χ1n) is 8.23. The Kier molecular flexibility index (Phi) is 3.18. The van der Waals surface area contributed by atoms with Gasteiger partial charge in [0.05, 0.1) is 5.69 Å². The lowest BCUT2D eigenvalue weighted by molar-refractivity contribution is -0.542. The van der Waals surface area contributed by atoms with E-state index in [4.69, 9.17) is 0 Å².